The molecular weight excluding hydrogens is 184 g/mol. The van der Waals surface area contributed by atoms with E-state index >= 15 is 0 Å². The monoisotopic (exact) mass is 196 g/mol. The summed E-state index contributed by atoms with van der Waals surface area (Å²) >= 11 is 0. The first kappa shape index (κ1) is 11.5. The topological polar surface area (TPSA) is 81.6 Å². The van der Waals surface area contributed by atoms with E-state index in [2.05, 4.69) is 10.6 Å². The lowest BCUT2D eigenvalue weighted by molar-refractivity contribution is 0.190. The quantitative estimate of drug-likeness (QED) is 0.476. The number of hydrogen-bond donors (Lipinski definition) is 4. The smallest absolute Gasteiger partial charge is 0.404 e. The third kappa shape index (κ3) is 3.25. The number of hydrogen-bond acceptors (Lipinski definition) is 3. The first-order valence-corrected chi connectivity index (χ1v) is 3.56. The van der Waals surface area contributed by atoms with Gasteiger partial charge in [-0.25, -0.2) is 4.79 Å². The Labute approximate surface area is 76.6 Å². The maximum absolute atomic E-state index is 10.1. The molecule has 1 heterocycles. The fourth-order valence-corrected chi connectivity index (χ4v) is 1.24. The molecule has 1 fully saturated rings. The van der Waals surface area contributed by atoms with Gasteiger partial charge in [0.05, 0.1) is 6.61 Å². The van der Waals surface area contributed by atoms with E-state index in [1.165, 1.54) is 0 Å². The van der Waals surface area contributed by atoms with Crippen molar-refractivity contribution in [2.24, 2.45) is 0 Å². The van der Waals surface area contributed by atoms with Gasteiger partial charge >= 0.3 is 6.09 Å². The van der Waals surface area contributed by atoms with E-state index in [9.17, 15) is 4.79 Å². The minimum atomic E-state index is -1.00. The zero-order valence-corrected chi connectivity index (χ0v) is 7.30. The summed E-state index contributed by atoms with van der Waals surface area (Å²) in [6, 6.07) is -0.00324. The van der Waals surface area contributed by atoms with Gasteiger partial charge in [-0.05, 0) is 6.42 Å². The maximum atomic E-state index is 10.1. The summed E-state index contributed by atoms with van der Waals surface area (Å²) in [6.45, 7) is 0.676. The molecule has 0 aromatic carbocycles. The zero-order chi connectivity index (χ0) is 8.27. The molecule has 1 aliphatic rings. The van der Waals surface area contributed by atoms with Crippen molar-refractivity contribution in [3.05, 3.63) is 0 Å². The maximum Gasteiger partial charge on any atom is 0.404 e. The average Bonchev–Trinajstić information content (AvgIpc) is 2.34. The number of nitrogens with one attached hydrogen (secondary N) is 2. The lowest BCUT2D eigenvalue weighted by atomic mass is 10.2. The van der Waals surface area contributed by atoms with Gasteiger partial charge in [0.15, 0.2) is 0 Å². The van der Waals surface area contributed by atoms with E-state index < -0.39 is 6.09 Å². The minimum absolute atomic E-state index is 0. The van der Waals surface area contributed by atoms with Gasteiger partial charge in [0, 0.05) is 18.6 Å². The standard InChI is InChI=1S/C6H12N2O3.ClH/c9-3-5-1-4(2-7-5)8-6(10)11;/h4-5,7-9H,1-3H2,(H,10,11);1H/t4-,5-;/m1./s1. The first-order chi connectivity index (χ1) is 5.22. The zero-order valence-electron chi connectivity index (χ0n) is 6.49. The van der Waals surface area contributed by atoms with E-state index in [1.54, 1.807) is 0 Å². The summed E-state index contributed by atoms with van der Waals surface area (Å²) in [5, 5.41) is 22.3. The van der Waals surface area contributed by atoms with Crippen LogP contribution in [0.25, 0.3) is 0 Å². The van der Waals surface area contributed by atoms with Crippen LogP contribution in [0.4, 0.5) is 4.79 Å². The molecule has 2 atom stereocenters. The Hall–Kier alpha value is -0.520. The lowest BCUT2D eigenvalue weighted by Crippen LogP contribution is -2.34. The third-order valence-corrected chi connectivity index (χ3v) is 1.77. The van der Waals surface area contributed by atoms with Crippen LogP contribution in [0.2, 0.25) is 0 Å². The van der Waals surface area contributed by atoms with E-state index in [4.69, 9.17) is 10.2 Å². The van der Waals surface area contributed by atoms with E-state index in [-0.39, 0.29) is 31.1 Å². The highest BCUT2D eigenvalue weighted by Crippen LogP contribution is 2.04. The molecule has 72 valence electrons. The first-order valence-electron chi connectivity index (χ1n) is 3.56. The van der Waals surface area contributed by atoms with Crippen molar-refractivity contribution in [3.8, 4) is 0 Å². The Morgan fingerprint density at radius 1 is 1.67 bits per heavy atom. The molecule has 1 amide bonds. The van der Waals surface area contributed by atoms with Crippen LogP contribution in [0, 0.1) is 0 Å². The fourth-order valence-electron chi connectivity index (χ4n) is 1.24. The van der Waals surface area contributed by atoms with Crippen molar-refractivity contribution < 1.29 is 15.0 Å². The van der Waals surface area contributed by atoms with Crippen LogP contribution < -0.4 is 10.6 Å². The van der Waals surface area contributed by atoms with E-state index in [0.717, 1.165) is 0 Å². The Morgan fingerprint density at radius 3 is 2.75 bits per heavy atom. The minimum Gasteiger partial charge on any atom is -0.465 e. The van der Waals surface area contributed by atoms with Gasteiger partial charge in [0.1, 0.15) is 0 Å². The Morgan fingerprint density at radius 2 is 2.33 bits per heavy atom. The fraction of sp³-hybridized carbons (Fsp3) is 0.833. The molecule has 1 saturated heterocycles. The predicted octanol–water partition coefficient (Wildman–Crippen LogP) is -0.601. The van der Waals surface area contributed by atoms with Crippen LogP contribution in [-0.4, -0.2) is 41.5 Å². The second kappa shape index (κ2) is 5.18. The number of halogens is 1. The Balaban J connectivity index is 0.00000121. The van der Waals surface area contributed by atoms with Crippen molar-refractivity contribution in [1.29, 1.82) is 0 Å². The second-order valence-electron chi connectivity index (χ2n) is 2.67. The number of rotatable bonds is 2. The Kier molecular flexibility index (Phi) is 4.96. The summed E-state index contributed by atoms with van der Waals surface area (Å²) in [4.78, 5) is 10.1. The average molecular weight is 197 g/mol. The molecule has 0 spiro atoms. The Bertz CT molecular complexity index is 156. The summed E-state index contributed by atoms with van der Waals surface area (Å²) in [7, 11) is 0. The van der Waals surface area contributed by atoms with Gasteiger partial charge < -0.3 is 20.8 Å². The normalized spacial score (nSPS) is 27.8. The van der Waals surface area contributed by atoms with Crippen molar-refractivity contribution in [2.75, 3.05) is 13.2 Å². The molecule has 1 aliphatic heterocycles. The molecule has 4 N–H and O–H groups in total. The van der Waals surface area contributed by atoms with Crippen LogP contribution in [0.15, 0.2) is 0 Å². The number of amides is 1. The molecule has 6 heteroatoms. The van der Waals surface area contributed by atoms with Gasteiger partial charge in [-0.1, -0.05) is 0 Å². The van der Waals surface area contributed by atoms with Crippen LogP contribution in [0.5, 0.6) is 0 Å². The van der Waals surface area contributed by atoms with Crippen LogP contribution >= 0.6 is 12.4 Å². The molecular formula is C6H13ClN2O3. The van der Waals surface area contributed by atoms with Gasteiger partial charge in [0.25, 0.3) is 0 Å². The van der Waals surface area contributed by atoms with Gasteiger partial charge in [-0.2, -0.15) is 0 Å². The van der Waals surface area contributed by atoms with Crippen molar-refractivity contribution in [3.63, 3.8) is 0 Å². The molecule has 0 radical (unpaired) electrons. The third-order valence-electron chi connectivity index (χ3n) is 1.77. The highest BCUT2D eigenvalue weighted by Gasteiger charge is 2.23. The predicted molar refractivity (Wildman–Crippen MR) is 45.7 cm³/mol. The number of carbonyl (C=O) groups is 1. The summed E-state index contributed by atoms with van der Waals surface area (Å²) in [5.74, 6) is 0. The SMILES string of the molecule is Cl.O=C(O)N[C@H]1CN[C@@H](CO)C1. The second-order valence-corrected chi connectivity index (χ2v) is 2.67. The molecule has 0 aliphatic carbocycles. The lowest BCUT2D eigenvalue weighted by Gasteiger charge is -2.07. The number of aliphatic hydroxyl groups excluding tert-OH is 1. The molecule has 0 aromatic heterocycles. The van der Waals surface area contributed by atoms with Crippen LogP contribution in [-0.2, 0) is 0 Å². The highest BCUT2D eigenvalue weighted by molar-refractivity contribution is 5.85. The van der Waals surface area contributed by atoms with E-state index in [1.807, 2.05) is 0 Å². The van der Waals surface area contributed by atoms with Crippen molar-refractivity contribution in [1.82, 2.24) is 10.6 Å². The van der Waals surface area contributed by atoms with Crippen LogP contribution in [0.3, 0.4) is 0 Å². The summed E-state index contributed by atoms with van der Waals surface area (Å²) < 4.78 is 0. The number of carboxylic acid groups (broad SMARTS) is 1. The molecule has 0 unspecified atom stereocenters. The van der Waals surface area contributed by atoms with Crippen LogP contribution in [0.1, 0.15) is 6.42 Å². The molecule has 5 nitrogen and oxygen atoms in total. The van der Waals surface area contributed by atoms with Crippen molar-refractivity contribution >= 4 is 18.5 Å². The molecule has 0 saturated carbocycles. The van der Waals surface area contributed by atoms with E-state index in [0.29, 0.717) is 13.0 Å². The summed E-state index contributed by atoms with van der Waals surface area (Å²) in [5.41, 5.74) is 0. The van der Waals surface area contributed by atoms with Gasteiger partial charge in [-0.3, -0.25) is 0 Å². The van der Waals surface area contributed by atoms with Crippen molar-refractivity contribution in [2.45, 2.75) is 18.5 Å². The molecule has 12 heavy (non-hydrogen) atoms. The van der Waals surface area contributed by atoms with Gasteiger partial charge in [0.2, 0.25) is 0 Å². The largest absolute Gasteiger partial charge is 0.465 e. The number of aliphatic hydroxyl groups is 1. The molecule has 1 rings (SSSR count). The molecule has 0 bridgehead atoms. The summed E-state index contributed by atoms with van der Waals surface area (Å²) in [6.07, 6.45) is -0.335. The van der Waals surface area contributed by atoms with Gasteiger partial charge in [-0.15, -0.1) is 12.4 Å². The molecule has 0 aromatic rings. The highest BCUT2D eigenvalue weighted by atomic mass is 35.5.